The highest BCUT2D eigenvalue weighted by Crippen LogP contribution is 2.38. The van der Waals surface area contributed by atoms with Crippen molar-refractivity contribution in [2.45, 2.75) is 25.9 Å². The molecule has 0 spiro atoms. The van der Waals surface area contributed by atoms with Crippen LogP contribution in [0, 0.1) is 12.8 Å². The predicted molar refractivity (Wildman–Crippen MR) is 88.5 cm³/mol. The van der Waals surface area contributed by atoms with E-state index in [4.69, 9.17) is 11.6 Å². The van der Waals surface area contributed by atoms with E-state index in [-0.39, 0.29) is 19.0 Å². The van der Waals surface area contributed by atoms with E-state index < -0.39 is 18.6 Å². The molecule has 0 saturated carbocycles. The second-order valence-corrected chi connectivity index (χ2v) is 6.17. The molecule has 24 heavy (non-hydrogen) atoms. The van der Waals surface area contributed by atoms with Crippen molar-refractivity contribution in [3.05, 3.63) is 34.3 Å². The number of hydrogen-bond acceptors (Lipinski definition) is 3. The number of hydrogen-bond donors (Lipinski definition) is 0. The minimum Gasteiger partial charge on any atom is -0.385 e. The van der Waals surface area contributed by atoms with Crippen LogP contribution < -0.4 is 0 Å². The highest BCUT2D eigenvalue weighted by molar-refractivity contribution is 6.31. The Hall–Kier alpha value is -1.11. The maximum atomic E-state index is 12.5. The van der Waals surface area contributed by atoms with Gasteiger partial charge >= 0.3 is 6.18 Å². The van der Waals surface area contributed by atoms with Gasteiger partial charge in [0.2, 0.25) is 0 Å². The summed E-state index contributed by atoms with van der Waals surface area (Å²) in [5.74, 6) is -0.723. The highest BCUT2D eigenvalue weighted by Gasteiger charge is 2.40. The summed E-state index contributed by atoms with van der Waals surface area (Å²) in [6.45, 7) is 3.97. The Morgan fingerprint density at radius 2 is 2.00 bits per heavy atom. The van der Waals surface area contributed by atoms with Gasteiger partial charge in [0, 0.05) is 43.7 Å². The van der Waals surface area contributed by atoms with Crippen molar-refractivity contribution in [1.82, 2.24) is 4.90 Å². The fourth-order valence-corrected chi connectivity index (χ4v) is 3.22. The molecule has 2 atom stereocenters. The van der Waals surface area contributed by atoms with Crippen LogP contribution in [0.3, 0.4) is 0 Å². The van der Waals surface area contributed by atoms with Gasteiger partial charge in [0.1, 0.15) is 6.29 Å². The number of aldehydes is 1. The van der Waals surface area contributed by atoms with Gasteiger partial charge in [-0.3, -0.25) is 4.90 Å². The summed E-state index contributed by atoms with van der Waals surface area (Å²) >= 11 is 6.16. The molecule has 1 aromatic rings. The molecule has 0 amide bonds. The average molecular weight is 366 g/mol. The normalized spacial score (nSPS) is 21.3. The Kier molecular flexibility index (Phi) is 8.19. The van der Waals surface area contributed by atoms with Crippen LogP contribution >= 0.6 is 11.6 Å². The first-order valence-electron chi connectivity index (χ1n) is 7.71. The van der Waals surface area contributed by atoms with Gasteiger partial charge in [-0.15, -0.1) is 0 Å². The second kappa shape index (κ2) is 9.39. The van der Waals surface area contributed by atoms with E-state index in [1.165, 1.54) is 4.90 Å². The number of aryl methyl sites for hydroxylation is 1. The van der Waals surface area contributed by atoms with Gasteiger partial charge in [0.15, 0.2) is 0 Å². The van der Waals surface area contributed by atoms with E-state index in [0.29, 0.717) is 5.02 Å². The lowest BCUT2D eigenvalue weighted by molar-refractivity contribution is -0.144. The molecule has 2 unspecified atom stereocenters. The monoisotopic (exact) mass is 365 g/mol. The largest absolute Gasteiger partial charge is 0.401 e. The van der Waals surface area contributed by atoms with E-state index in [2.05, 4.69) is 4.74 Å². The molecule has 1 aliphatic heterocycles. The zero-order valence-electron chi connectivity index (χ0n) is 14.1. The number of nitrogens with zero attached hydrogens (tertiary/aromatic N) is 1. The summed E-state index contributed by atoms with van der Waals surface area (Å²) in [5, 5.41) is 0.510. The Morgan fingerprint density at radius 3 is 2.46 bits per heavy atom. The third kappa shape index (κ3) is 6.07. The molecular formula is C17H23ClF3NO2. The minimum atomic E-state index is -4.25. The molecule has 7 heteroatoms. The number of benzene rings is 1. The molecule has 1 heterocycles. The van der Waals surface area contributed by atoms with Crippen molar-refractivity contribution in [3.8, 4) is 0 Å². The number of carbonyl (C=O) groups is 1. The molecule has 1 saturated heterocycles. The molecule has 0 radical (unpaired) electrons. The molecular weight excluding hydrogens is 343 g/mol. The van der Waals surface area contributed by atoms with Crippen molar-refractivity contribution in [3.63, 3.8) is 0 Å². The number of carbonyl (C=O) groups excluding carboxylic acids is 1. The SMILES string of the molecule is CCOC.Cc1cccc(Cl)c1C1CN(CC(F)(F)F)CC1C=O. The predicted octanol–water partition coefficient (Wildman–Crippen LogP) is 4.08. The van der Waals surface area contributed by atoms with Crippen molar-refractivity contribution in [1.29, 1.82) is 0 Å². The molecule has 0 aliphatic carbocycles. The van der Waals surface area contributed by atoms with Gasteiger partial charge in [-0.05, 0) is 31.0 Å². The van der Waals surface area contributed by atoms with E-state index in [0.717, 1.165) is 24.0 Å². The van der Waals surface area contributed by atoms with Gasteiger partial charge < -0.3 is 9.53 Å². The van der Waals surface area contributed by atoms with E-state index >= 15 is 0 Å². The van der Waals surface area contributed by atoms with Crippen molar-refractivity contribution >= 4 is 17.9 Å². The quantitative estimate of drug-likeness (QED) is 0.753. The maximum absolute atomic E-state index is 12.5. The number of methoxy groups -OCH3 is 1. The number of rotatable bonds is 4. The molecule has 2 rings (SSSR count). The van der Waals surface area contributed by atoms with Gasteiger partial charge in [0.25, 0.3) is 0 Å². The lowest BCUT2D eigenvalue weighted by atomic mass is 9.87. The average Bonchev–Trinajstić information content (AvgIpc) is 2.88. The Bertz CT molecular complexity index is 515. The van der Waals surface area contributed by atoms with Crippen LogP contribution in [-0.4, -0.2) is 50.7 Å². The molecule has 1 fully saturated rings. The highest BCUT2D eigenvalue weighted by atomic mass is 35.5. The van der Waals surface area contributed by atoms with Crippen molar-refractivity contribution in [2.24, 2.45) is 5.92 Å². The second-order valence-electron chi connectivity index (χ2n) is 5.76. The Morgan fingerprint density at radius 1 is 1.38 bits per heavy atom. The lowest BCUT2D eigenvalue weighted by Gasteiger charge is -2.19. The van der Waals surface area contributed by atoms with Crippen LogP contribution in [0.15, 0.2) is 18.2 Å². The van der Waals surface area contributed by atoms with Gasteiger partial charge in [-0.2, -0.15) is 13.2 Å². The summed E-state index contributed by atoms with van der Waals surface area (Å²) in [5.41, 5.74) is 1.69. The van der Waals surface area contributed by atoms with E-state index in [9.17, 15) is 18.0 Å². The summed E-state index contributed by atoms with van der Waals surface area (Å²) < 4.78 is 42.0. The molecule has 136 valence electrons. The summed E-state index contributed by atoms with van der Waals surface area (Å²) in [6, 6.07) is 5.35. The molecule has 3 nitrogen and oxygen atoms in total. The fourth-order valence-electron chi connectivity index (χ4n) is 2.85. The molecule has 1 aliphatic rings. The summed E-state index contributed by atoms with van der Waals surface area (Å²) in [7, 11) is 1.68. The first-order chi connectivity index (χ1) is 11.2. The van der Waals surface area contributed by atoms with E-state index in [1.807, 2.05) is 19.9 Å². The third-order valence-electron chi connectivity index (χ3n) is 3.95. The van der Waals surface area contributed by atoms with Crippen molar-refractivity contribution < 1.29 is 22.7 Å². The first-order valence-corrected chi connectivity index (χ1v) is 8.09. The van der Waals surface area contributed by atoms with Gasteiger partial charge in [0.05, 0.1) is 6.54 Å². The third-order valence-corrected chi connectivity index (χ3v) is 4.28. The maximum Gasteiger partial charge on any atom is 0.401 e. The van der Waals surface area contributed by atoms with Gasteiger partial charge in [-0.1, -0.05) is 23.7 Å². The van der Waals surface area contributed by atoms with E-state index in [1.54, 1.807) is 19.2 Å². The lowest BCUT2D eigenvalue weighted by Crippen LogP contribution is -2.32. The minimum absolute atomic E-state index is 0.123. The van der Waals surface area contributed by atoms with Crippen LogP contribution in [-0.2, 0) is 9.53 Å². The van der Waals surface area contributed by atoms with Crippen LogP contribution in [0.5, 0.6) is 0 Å². The molecule has 1 aromatic carbocycles. The molecule has 0 aromatic heterocycles. The zero-order valence-corrected chi connectivity index (χ0v) is 14.8. The zero-order chi connectivity index (χ0) is 18.3. The smallest absolute Gasteiger partial charge is 0.385 e. The van der Waals surface area contributed by atoms with Crippen LogP contribution in [0.25, 0.3) is 0 Å². The Labute approximate surface area is 145 Å². The topological polar surface area (TPSA) is 29.5 Å². The summed E-state index contributed by atoms with van der Waals surface area (Å²) in [6.07, 6.45) is -3.51. The first kappa shape index (κ1) is 20.9. The van der Waals surface area contributed by atoms with Gasteiger partial charge in [-0.25, -0.2) is 0 Å². The Balaban J connectivity index is 0.000000648. The van der Waals surface area contributed by atoms with Crippen molar-refractivity contribution in [2.75, 3.05) is 33.4 Å². The standard InChI is InChI=1S/C14H15ClF3NO.C3H8O/c1-9-3-2-4-12(15)13(9)11-6-19(5-10(11)7-20)8-14(16,17)18;1-3-4-2/h2-4,7,10-11H,5-6,8H2,1H3;3H2,1-2H3. The fraction of sp³-hybridized carbons (Fsp3) is 0.588. The van der Waals surface area contributed by atoms with Crippen LogP contribution in [0.1, 0.15) is 24.0 Å². The summed E-state index contributed by atoms with van der Waals surface area (Å²) in [4.78, 5) is 12.4. The number of halogens is 4. The number of alkyl halides is 3. The molecule has 0 bridgehead atoms. The van der Waals surface area contributed by atoms with Crippen LogP contribution in [0.2, 0.25) is 5.02 Å². The van der Waals surface area contributed by atoms with Crippen LogP contribution in [0.4, 0.5) is 13.2 Å². The number of likely N-dealkylation sites (tertiary alicyclic amines) is 1. The number of ether oxygens (including phenoxy) is 1. The molecule has 0 N–H and O–H groups in total.